The summed E-state index contributed by atoms with van der Waals surface area (Å²) in [6.45, 7) is 0.452. The van der Waals surface area contributed by atoms with Gasteiger partial charge in [-0.1, -0.05) is 18.2 Å². The number of anilines is 1. The van der Waals surface area contributed by atoms with E-state index in [2.05, 4.69) is 4.98 Å². The Morgan fingerprint density at radius 2 is 1.84 bits per heavy atom. The first-order chi connectivity index (χ1) is 9.02. The molecule has 0 saturated heterocycles. The molecule has 0 aliphatic rings. The van der Waals surface area contributed by atoms with Crippen LogP contribution in [-0.4, -0.2) is 35.6 Å². The van der Waals surface area contributed by atoms with Crippen LogP contribution in [0.1, 0.15) is 11.3 Å². The quantitative estimate of drug-likeness (QED) is 0.814. The number of nitrogens with two attached hydrogens (primary N) is 1. The third-order valence-corrected chi connectivity index (χ3v) is 3.02. The van der Waals surface area contributed by atoms with Crippen LogP contribution in [0.25, 0.3) is 0 Å². The first-order valence-electron chi connectivity index (χ1n) is 6.17. The second kappa shape index (κ2) is 5.38. The van der Waals surface area contributed by atoms with Crippen molar-refractivity contribution < 1.29 is 5.11 Å². The minimum atomic E-state index is -1.14. The van der Waals surface area contributed by atoms with E-state index in [1.54, 1.807) is 18.3 Å². The Hall–Kier alpha value is -1.91. The lowest BCUT2D eigenvalue weighted by atomic mass is 9.89. The number of hydrogen-bond acceptors (Lipinski definition) is 4. The van der Waals surface area contributed by atoms with E-state index in [1.807, 2.05) is 49.3 Å². The molecule has 0 fully saturated rings. The van der Waals surface area contributed by atoms with E-state index in [0.717, 1.165) is 5.56 Å². The van der Waals surface area contributed by atoms with Gasteiger partial charge in [0.15, 0.2) is 0 Å². The topological polar surface area (TPSA) is 62.4 Å². The zero-order chi connectivity index (χ0) is 13.9. The molecule has 19 heavy (non-hydrogen) atoms. The normalized spacial score (nSPS) is 14.3. The number of aromatic nitrogens is 1. The Bertz CT molecular complexity index is 525. The molecule has 3 N–H and O–H groups in total. The molecule has 0 aliphatic heterocycles. The fraction of sp³-hybridized carbons (Fsp3) is 0.267. The van der Waals surface area contributed by atoms with E-state index in [4.69, 9.17) is 5.73 Å². The first kappa shape index (κ1) is 13.5. The summed E-state index contributed by atoms with van der Waals surface area (Å²) in [5.74, 6) is 0. The van der Waals surface area contributed by atoms with Gasteiger partial charge in [0, 0.05) is 18.4 Å². The Kier molecular flexibility index (Phi) is 3.83. The van der Waals surface area contributed by atoms with Gasteiger partial charge in [-0.2, -0.15) is 0 Å². The number of hydrogen-bond donors (Lipinski definition) is 2. The lowest BCUT2D eigenvalue weighted by Gasteiger charge is -2.31. The van der Waals surface area contributed by atoms with Crippen molar-refractivity contribution >= 4 is 5.69 Å². The summed E-state index contributed by atoms with van der Waals surface area (Å²) >= 11 is 0. The molecular formula is C15H19N3O. The lowest BCUT2D eigenvalue weighted by Crippen LogP contribution is -2.39. The van der Waals surface area contributed by atoms with Crippen LogP contribution in [0.2, 0.25) is 0 Å². The van der Waals surface area contributed by atoms with Crippen molar-refractivity contribution in [2.75, 3.05) is 26.4 Å². The average molecular weight is 257 g/mol. The summed E-state index contributed by atoms with van der Waals surface area (Å²) in [7, 11) is 3.84. The highest BCUT2D eigenvalue weighted by atomic mass is 16.3. The van der Waals surface area contributed by atoms with Gasteiger partial charge in [-0.3, -0.25) is 4.98 Å². The molecule has 0 aliphatic carbocycles. The smallest absolute Gasteiger partial charge is 0.144 e. The van der Waals surface area contributed by atoms with Crippen molar-refractivity contribution in [2.45, 2.75) is 5.60 Å². The molecule has 1 unspecified atom stereocenters. The standard InChI is InChI=1S/C15H19N3O/c1-18(2)11-15(19,14-5-3-4-10-17-14)12-6-8-13(16)9-7-12/h3-10,19H,11,16H2,1-2H3. The zero-order valence-electron chi connectivity index (χ0n) is 11.2. The monoisotopic (exact) mass is 257 g/mol. The minimum Gasteiger partial charge on any atom is -0.399 e. The van der Waals surface area contributed by atoms with Gasteiger partial charge in [-0.05, 0) is 43.9 Å². The highest BCUT2D eigenvalue weighted by Gasteiger charge is 2.33. The number of likely N-dealkylation sites (N-methyl/N-ethyl adjacent to an activating group) is 1. The maximum absolute atomic E-state index is 11.1. The maximum Gasteiger partial charge on any atom is 0.144 e. The molecule has 1 aromatic carbocycles. The molecule has 1 atom stereocenters. The molecule has 2 rings (SSSR count). The van der Waals surface area contributed by atoms with Crippen LogP contribution in [0.5, 0.6) is 0 Å². The van der Waals surface area contributed by atoms with Crippen LogP contribution in [-0.2, 0) is 5.60 Å². The summed E-state index contributed by atoms with van der Waals surface area (Å²) < 4.78 is 0. The second-order valence-corrected chi connectivity index (χ2v) is 4.94. The number of nitrogens with zero attached hydrogens (tertiary/aromatic N) is 2. The number of nitrogen functional groups attached to an aromatic ring is 1. The van der Waals surface area contributed by atoms with Crippen molar-refractivity contribution in [3.05, 3.63) is 59.9 Å². The second-order valence-electron chi connectivity index (χ2n) is 4.94. The Morgan fingerprint density at radius 1 is 1.16 bits per heavy atom. The molecule has 1 aromatic heterocycles. The summed E-state index contributed by atoms with van der Waals surface area (Å²) in [6, 6.07) is 12.8. The van der Waals surface area contributed by atoms with E-state index in [9.17, 15) is 5.11 Å². The van der Waals surface area contributed by atoms with Gasteiger partial charge >= 0.3 is 0 Å². The number of aliphatic hydroxyl groups is 1. The molecule has 0 radical (unpaired) electrons. The zero-order valence-corrected chi connectivity index (χ0v) is 11.2. The predicted octanol–water partition coefficient (Wildman–Crippen LogP) is 1.46. The Balaban J connectivity index is 2.48. The molecule has 0 spiro atoms. The molecular weight excluding hydrogens is 238 g/mol. The summed E-state index contributed by atoms with van der Waals surface area (Å²) in [4.78, 5) is 6.23. The number of pyridine rings is 1. The minimum absolute atomic E-state index is 0.452. The van der Waals surface area contributed by atoms with Crippen LogP contribution in [0.3, 0.4) is 0 Å². The van der Waals surface area contributed by atoms with Crippen molar-refractivity contribution in [2.24, 2.45) is 0 Å². The van der Waals surface area contributed by atoms with Gasteiger partial charge in [-0.25, -0.2) is 0 Å². The highest BCUT2D eigenvalue weighted by molar-refractivity contribution is 5.43. The van der Waals surface area contributed by atoms with Crippen molar-refractivity contribution in [3.8, 4) is 0 Å². The molecule has 4 heteroatoms. The van der Waals surface area contributed by atoms with Crippen LogP contribution in [0, 0.1) is 0 Å². The fourth-order valence-electron chi connectivity index (χ4n) is 2.14. The summed E-state index contributed by atoms with van der Waals surface area (Å²) in [5.41, 5.74) is 6.66. The van der Waals surface area contributed by atoms with E-state index < -0.39 is 5.60 Å². The molecule has 1 heterocycles. The third kappa shape index (κ3) is 2.92. The van der Waals surface area contributed by atoms with Crippen LogP contribution >= 0.6 is 0 Å². The first-order valence-corrected chi connectivity index (χ1v) is 6.17. The van der Waals surface area contributed by atoms with E-state index in [-0.39, 0.29) is 0 Å². The predicted molar refractivity (Wildman–Crippen MR) is 76.6 cm³/mol. The number of rotatable bonds is 4. The Morgan fingerprint density at radius 3 is 2.37 bits per heavy atom. The molecule has 4 nitrogen and oxygen atoms in total. The SMILES string of the molecule is CN(C)CC(O)(c1ccc(N)cc1)c1ccccn1. The van der Waals surface area contributed by atoms with Gasteiger partial charge in [0.1, 0.15) is 5.60 Å². The molecule has 0 bridgehead atoms. The average Bonchev–Trinajstić information content (AvgIpc) is 2.39. The van der Waals surface area contributed by atoms with Crippen molar-refractivity contribution in [3.63, 3.8) is 0 Å². The van der Waals surface area contributed by atoms with Crippen molar-refractivity contribution in [1.82, 2.24) is 9.88 Å². The van der Waals surface area contributed by atoms with Crippen molar-refractivity contribution in [1.29, 1.82) is 0 Å². The van der Waals surface area contributed by atoms with Gasteiger partial charge in [0.25, 0.3) is 0 Å². The van der Waals surface area contributed by atoms with E-state index >= 15 is 0 Å². The third-order valence-electron chi connectivity index (χ3n) is 3.02. The van der Waals surface area contributed by atoms with Gasteiger partial charge in [0.05, 0.1) is 5.69 Å². The van der Waals surface area contributed by atoms with Crippen LogP contribution in [0.4, 0.5) is 5.69 Å². The van der Waals surface area contributed by atoms with Gasteiger partial charge < -0.3 is 15.7 Å². The maximum atomic E-state index is 11.1. The Labute approximate surface area is 113 Å². The van der Waals surface area contributed by atoms with Gasteiger partial charge in [-0.15, -0.1) is 0 Å². The fourth-order valence-corrected chi connectivity index (χ4v) is 2.14. The molecule has 0 amide bonds. The molecule has 0 saturated carbocycles. The van der Waals surface area contributed by atoms with E-state index in [1.165, 1.54) is 0 Å². The van der Waals surface area contributed by atoms with Crippen LogP contribution < -0.4 is 5.73 Å². The van der Waals surface area contributed by atoms with Crippen LogP contribution in [0.15, 0.2) is 48.7 Å². The molecule has 2 aromatic rings. The highest BCUT2D eigenvalue weighted by Crippen LogP contribution is 2.29. The largest absolute Gasteiger partial charge is 0.399 e. The summed E-state index contributed by atoms with van der Waals surface area (Å²) in [6.07, 6.45) is 1.69. The molecule has 100 valence electrons. The lowest BCUT2D eigenvalue weighted by molar-refractivity contribution is 0.0473. The summed E-state index contributed by atoms with van der Waals surface area (Å²) in [5, 5.41) is 11.1. The van der Waals surface area contributed by atoms with Gasteiger partial charge in [0.2, 0.25) is 0 Å². The number of benzene rings is 1. The van der Waals surface area contributed by atoms with E-state index in [0.29, 0.717) is 17.9 Å².